The van der Waals surface area contributed by atoms with Gasteiger partial charge in [-0.1, -0.05) is 40.2 Å². The van der Waals surface area contributed by atoms with Crippen LogP contribution in [0.3, 0.4) is 0 Å². The van der Waals surface area contributed by atoms with Crippen LogP contribution in [0.1, 0.15) is 15.9 Å². The van der Waals surface area contributed by atoms with Gasteiger partial charge < -0.3 is 5.32 Å². The average Bonchev–Trinajstić information content (AvgIpc) is 2.61. The summed E-state index contributed by atoms with van der Waals surface area (Å²) in [6.07, 6.45) is 1.50. The molecule has 0 saturated carbocycles. The highest BCUT2D eigenvalue weighted by Crippen LogP contribution is 2.18. The monoisotopic (exact) mass is 384 g/mol. The number of hydrogen-bond donors (Lipinski definition) is 1. The molecule has 1 heterocycles. The molecule has 1 amide bonds. The van der Waals surface area contributed by atoms with Crippen LogP contribution in [0.2, 0.25) is 0 Å². The van der Waals surface area contributed by atoms with Crippen LogP contribution in [-0.4, -0.2) is 10.9 Å². The number of benzene rings is 2. The first-order valence-corrected chi connectivity index (χ1v) is 8.16. The molecule has 0 bridgehead atoms. The highest BCUT2D eigenvalue weighted by molar-refractivity contribution is 9.10. The van der Waals surface area contributed by atoms with E-state index in [1.807, 2.05) is 24.3 Å². The summed E-state index contributed by atoms with van der Waals surface area (Å²) in [5, 5.41) is 2.85. The Kier molecular flexibility index (Phi) is 5.01. The number of rotatable bonds is 4. The Labute approximate surface area is 147 Å². The van der Waals surface area contributed by atoms with Gasteiger partial charge >= 0.3 is 0 Å². The normalized spacial score (nSPS) is 10.4. The van der Waals surface area contributed by atoms with Crippen molar-refractivity contribution in [3.05, 3.63) is 88.3 Å². The number of aromatic nitrogens is 1. The van der Waals surface area contributed by atoms with Crippen molar-refractivity contribution < 1.29 is 9.18 Å². The van der Waals surface area contributed by atoms with Crippen LogP contribution in [0.4, 0.5) is 4.39 Å². The molecule has 3 aromatic rings. The fourth-order valence-electron chi connectivity index (χ4n) is 2.23. The summed E-state index contributed by atoms with van der Waals surface area (Å²) in [5.74, 6) is -0.512. The molecular formula is C19H14BrFN2O. The van der Waals surface area contributed by atoms with Gasteiger partial charge in [0.15, 0.2) is 0 Å². The highest BCUT2D eigenvalue weighted by Gasteiger charge is 2.07. The average molecular weight is 385 g/mol. The number of amides is 1. The summed E-state index contributed by atoms with van der Waals surface area (Å²) in [6, 6.07) is 17.3. The van der Waals surface area contributed by atoms with Crippen LogP contribution >= 0.6 is 15.9 Å². The Morgan fingerprint density at radius 3 is 2.54 bits per heavy atom. The van der Waals surface area contributed by atoms with Crippen LogP contribution in [0.15, 0.2) is 71.3 Å². The Bertz CT molecular complexity index is 848. The predicted molar refractivity (Wildman–Crippen MR) is 94.9 cm³/mol. The lowest BCUT2D eigenvalue weighted by Gasteiger charge is -2.06. The van der Waals surface area contributed by atoms with Gasteiger partial charge in [0, 0.05) is 22.8 Å². The third-order valence-electron chi connectivity index (χ3n) is 3.51. The van der Waals surface area contributed by atoms with Gasteiger partial charge in [0.25, 0.3) is 5.91 Å². The molecule has 0 saturated heterocycles. The summed E-state index contributed by atoms with van der Waals surface area (Å²) in [7, 11) is 0. The van der Waals surface area contributed by atoms with E-state index in [2.05, 4.69) is 26.2 Å². The van der Waals surface area contributed by atoms with Crippen LogP contribution in [0.25, 0.3) is 11.3 Å². The summed E-state index contributed by atoms with van der Waals surface area (Å²) < 4.78 is 14.2. The van der Waals surface area contributed by atoms with E-state index in [9.17, 15) is 9.18 Å². The molecule has 3 nitrogen and oxygen atoms in total. The minimum atomic E-state index is -0.314. The van der Waals surface area contributed by atoms with E-state index in [0.29, 0.717) is 23.4 Å². The lowest BCUT2D eigenvalue weighted by molar-refractivity contribution is 0.0950. The molecule has 3 rings (SSSR count). The van der Waals surface area contributed by atoms with Gasteiger partial charge in [0.2, 0.25) is 0 Å². The van der Waals surface area contributed by atoms with Crippen molar-refractivity contribution in [3.8, 4) is 11.3 Å². The number of carbonyl (C=O) groups excluding carboxylic acids is 1. The topological polar surface area (TPSA) is 42.0 Å². The first-order chi connectivity index (χ1) is 11.6. The molecule has 0 fully saturated rings. The number of carbonyl (C=O) groups is 1. The van der Waals surface area contributed by atoms with E-state index in [0.717, 1.165) is 10.0 Å². The number of nitrogens with one attached hydrogen (secondary N) is 1. The van der Waals surface area contributed by atoms with Crippen molar-refractivity contribution in [2.45, 2.75) is 6.54 Å². The maximum absolute atomic E-state index is 13.3. The van der Waals surface area contributed by atoms with Gasteiger partial charge in [0.1, 0.15) is 5.82 Å². The second-order valence-electron chi connectivity index (χ2n) is 5.25. The summed E-state index contributed by atoms with van der Waals surface area (Å²) >= 11 is 3.37. The second kappa shape index (κ2) is 7.36. The lowest BCUT2D eigenvalue weighted by Crippen LogP contribution is -2.22. The SMILES string of the molecule is O=C(NCc1ccc(Br)cc1)c1ccc(-c2cccc(F)c2)nc1. The second-order valence-corrected chi connectivity index (χ2v) is 6.17. The van der Waals surface area contributed by atoms with Gasteiger partial charge in [-0.3, -0.25) is 9.78 Å². The molecule has 120 valence electrons. The number of pyridine rings is 1. The first-order valence-electron chi connectivity index (χ1n) is 7.36. The maximum Gasteiger partial charge on any atom is 0.253 e. The molecule has 0 spiro atoms. The van der Waals surface area contributed by atoms with E-state index in [1.54, 1.807) is 24.3 Å². The lowest BCUT2D eigenvalue weighted by atomic mass is 10.1. The quantitative estimate of drug-likeness (QED) is 0.715. The van der Waals surface area contributed by atoms with E-state index >= 15 is 0 Å². The standard InChI is InChI=1S/C19H14BrFN2O/c20-16-7-4-13(5-8-16)11-23-19(24)15-6-9-18(22-12-15)14-2-1-3-17(21)10-14/h1-10,12H,11H2,(H,23,24). The Morgan fingerprint density at radius 2 is 1.88 bits per heavy atom. The molecule has 0 unspecified atom stereocenters. The minimum absolute atomic E-state index is 0.198. The number of halogens is 2. The number of hydrogen-bond acceptors (Lipinski definition) is 2. The molecule has 1 aromatic heterocycles. The van der Waals surface area contributed by atoms with Crippen LogP contribution in [-0.2, 0) is 6.54 Å². The van der Waals surface area contributed by atoms with Crippen molar-refractivity contribution in [2.24, 2.45) is 0 Å². The zero-order valence-corrected chi connectivity index (χ0v) is 14.3. The molecule has 5 heteroatoms. The maximum atomic E-state index is 13.3. The van der Waals surface area contributed by atoms with Gasteiger partial charge in [-0.25, -0.2) is 4.39 Å². The summed E-state index contributed by atoms with van der Waals surface area (Å²) in [4.78, 5) is 16.4. The third kappa shape index (κ3) is 4.06. The molecule has 0 aliphatic rings. The molecule has 1 N–H and O–H groups in total. The van der Waals surface area contributed by atoms with E-state index in [4.69, 9.17) is 0 Å². The Hall–Kier alpha value is -2.53. The van der Waals surface area contributed by atoms with E-state index < -0.39 is 0 Å². The summed E-state index contributed by atoms with van der Waals surface area (Å²) in [6.45, 7) is 0.442. The van der Waals surface area contributed by atoms with Crippen LogP contribution in [0, 0.1) is 5.82 Å². The van der Waals surface area contributed by atoms with Gasteiger partial charge in [-0.2, -0.15) is 0 Å². The molecule has 0 atom stereocenters. The Balaban J connectivity index is 1.66. The van der Waals surface area contributed by atoms with Gasteiger partial charge in [-0.05, 0) is 42.0 Å². The molecule has 24 heavy (non-hydrogen) atoms. The zero-order valence-electron chi connectivity index (χ0n) is 12.7. The van der Waals surface area contributed by atoms with Gasteiger partial charge in [0.05, 0.1) is 11.3 Å². The zero-order chi connectivity index (χ0) is 16.9. The van der Waals surface area contributed by atoms with Crippen molar-refractivity contribution in [1.29, 1.82) is 0 Å². The van der Waals surface area contributed by atoms with Crippen molar-refractivity contribution in [2.75, 3.05) is 0 Å². The third-order valence-corrected chi connectivity index (χ3v) is 4.04. The van der Waals surface area contributed by atoms with Crippen LogP contribution < -0.4 is 5.32 Å². The molecule has 0 aliphatic carbocycles. The van der Waals surface area contributed by atoms with Crippen LogP contribution in [0.5, 0.6) is 0 Å². The first kappa shape index (κ1) is 16.3. The number of nitrogens with zero attached hydrogens (tertiary/aromatic N) is 1. The summed E-state index contributed by atoms with van der Waals surface area (Å²) in [5.41, 5.74) is 2.78. The van der Waals surface area contributed by atoms with E-state index in [-0.39, 0.29) is 11.7 Å². The van der Waals surface area contributed by atoms with Crippen molar-refractivity contribution >= 4 is 21.8 Å². The predicted octanol–water partition coefficient (Wildman–Crippen LogP) is 4.58. The smallest absolute Gasteiger partial charge is 0.253 e. The van der Waals surface area contributed by atoms with Crippen molar-refractivity contribution in [3.63, 3.8) is 0 Å². The largest absolute Gasteiger partial charge is 0.348 e. The molecule has 0 radical (unpaired) electrons. The fraction of sp³-hybridized carbons (Fsp3) is 0.0526. The van der Waals surface area contributed by atoms with Crippen molar-refractivity contribution in [1.82, 2.24) is 10.3 Å². The molecular weight excluding hydrogens is 371 g/mol. The Morgan fingerprint density at radius 1 is 1.08 bits per heavy atom. The molecule has 2 aromatic carbocycles. The minimum Gasteiger partial charge on any atom is -0.348 e. The van der Waals surface area contributed by atoms with E-state index in [1.165, 1.54) is 18.3 Å². The fourth-order valence-corrected chi connectivity index (χ4v) is 2.50. The van der Waals surface area contributed by atoms with Gasteiger partial charge in [-0.15, -0.1) is 0 Å². The molecule has 0 aliphatic heterocycles. The highest BCUT2D eigenvalue weighted by atomic mass is 79.9.